The molecule has 3 heterocycles. The van der Waals surface area contributed by atoms with Crippen LogP contribution in [0.5, 0.6) is 0 Å². The second-order valence-electron chi connectivity index (χ2n) is 7.72. The Morgan fingerprint density at radius 2 is 2.08 bits per heavy atom. The molecule has 2 aliphatic heterocycles. The van der Waals surface area contributed by atoms with Gasteiger partial charge in [-0.3, -0.25) is 14.4 Å². The van der Waals surface area contributed by atoms with Crippen molar-refractivity contribution in [2.24, 2.45) is 0 Å². The molecule has 0 spiro atoms. The van der Waals surface area contributed by atoms with Crippen molar-refractivity contribution in [3.8, 4) is 0 Å². The number of halogens is 1. The predicted molar refractivity (Wildman–Crippen MR) is 102 cm³/mol. The van der Waals surface area contributed by atoms with Crippen LogP contribution in [-0.4, -0.2) is 58.9 Å². The van der Waals surface area contributed by atoms with E-state index in [4.69, 9.17) is 0 Å². The molecule has 1 amide bonds. The molecule has 2 N–H and O–H groups in total. The summed E-state index contributed by atoms with van der Waals surface area (Å²) in [5, 5.41) is 11.0. The van der Waals surface area contributed by atoms with E-state index in [2.05, 4.69) is 34.5 Å². The van der Waals surface area contributed by atoms with E-state index in [1.807, 2.05) is 16.9 Å². The maximum Gasteiger partial charge on any atom is 0.271 e. The van der Waals surface area contributed by atoms with Crippen LogP contribution in [0.4, 0.5) is 0 Å². The van der Waals surface area contributed by atoms with Gasteiger partial charge in [0.05, 0.1) is 6.04 Å². The molecule has 0 aromatic carbocycles. The number of nitrogens with zero attached hydrogens (tertiary/aromatic N) is 3. The summed E-state index contributed by atoms with van der Waals surface area (Å²) in [6.07, 6.45) is 8.07. The number of hydrogen-bond acceptors (Lipinski definition) is 4. The van der Waals surface area contributed by atoms with Crippen molar-refractivity contribution in [1.82, 2.24) is 25.3 Å². The third kappa shape index (κ3) is 5.19. The number of likely N-dealkylation sites (tertiary alicyclic amines) is 1. The SMILES string of the molecule is CC(C)(CNC(=O)c1ccn(C2CCCNC2)n1)N1CCCCC1.Cl. The number of nitrogens with one attached hydrogen (secondary N) is 2. The molecule has 2 fully saturated rings. The number of amides is 1. The highest BCUT2D eigenvalue weighted by molar-refractivity contribution is 5.92. The molecular weight excluding hydrogens is 338 g/mol. The molecular formula is C18H32ClN5O. The number of carbonyl (C=O) groups excluding carboxylic acids is 1. The van der Waals surface area contributed by atoms with Gasteiger partial charge in [0.2, 0.25) is 0 Å². The van der Waals surface area contributed by atoms with Crippen LogP contribution in [0.15, 0.2) is 12.3 Å². The highest BCUT2D eigenvalue weighted by Crippen LogP contribution is 2.20. The highest BCUT2D eigenvalue weighted by Gasteiger charge is 2.28. The van der Waals surface area contributed by atoms with E-state index >= 15 is 0 Å². The van der Waals surface area contributed by atoms with Gasteiger partial charge in [0.1, 0.15) is 5.69 Å². The van der Waals surface area contributed by atoms with E-state index in [9.17, 15) is 4.79 Å². The molecule has 0 saturated carbocycles. The number of aromatic nitrogens is 2. The first-order valence-electron chi connectivity index (χ1n) is 9.35. The van der Waals surface area contributed by atoms with Crippen LogP contribution >= 0.6 is 12.4 Å². The third-order valence-corrected chi connectivity index (χ3v) is 5.38. The van der Waals surface area contributed by atoms with Gasteiger partial charge >= 0.3 is 0 Å². The van der Waals surface area contributed by atoms with Crippen LogP contribution in [0.1, 0.15) is 62.5 Å². The summed E-state index contributed by atoms with van der Waals surface area (Å²) in [4.78, 5) is 14.9. The highest BCUT2D eigenvalue weighted by atomic mass is 35.5. The first kappa shape index (κ1) is 20.2. The van der Waals surface area contributed by atoms with Crippen molar-refractivity contribution in [3.63, 3.8) is 0 Å². The van der Waals surface area contributed by atoms with Gasteiger partial charge in [0.15, 0.2) is 0 Å². The van der Waals surface area contributed by atoms with Crippen LogP contribution in [-0.2, 0) is 0 Å². The van der Waals surface area contributed by atoms with Gasteiger partial charge in [0.25, 0.3) is 5.91 Å². The fraction of sp³-hybridized carbons (Fsp3) is 0.778. The summed E-state index contributed by atoms with van der Waals surface area (Å²) < 4.78 is 1.94. The summed E-state index contributed by atoms with van der Waals surface area (Å²) >= 11 is 0. The molecule has 1 aromatic heterocycles. The minimum Gasteiger partial charge on any atom is -0.349 e. The lowest BCUT2D eigenvalue weighted by molar-refractivity contribution is 0.0793. The zero-order valence-electron chi connectivity index (χ0n) is 15.5. The molecule has 3 rings (SSSR count). The molecule has 7 heteroatoms. The van der Waals surface area contributed by atoms with E-state index < -0.39 is 0 Å². The Bertz CT molecular complexity index is 547. The number of hydrogen-bond donors (Lipinski definition) is 2. The lowest BCUT2D eigenvalue weighted by Gasteiger charge is -2.41. The number of carbonyl (C=O) groups is 1. The minimum absolute atomic E-state index is 0. The van der Waals surface area contributed by atoms with Crippen LogP contribution in [0.3, 0.4) is 0 Å². The number of rotatable bonds is 5. The first-order chi connectivity index (χ1) is 11.6. The van der Waals surface area contributed by atoms with Gasteiger partial charge in [-0.2, -0.15) is 5.10 Å². The van der Waals surface area contributed by atoms with E-state index in [1.165, 1.54) is 19.3 Å². The van der Waals surface area contributed by atoms with Crippen molar-refractivity contribution < 1.29 is 4.79 Å². The molecule has 25 heavy (non-hydrogen) atoms. The maximum atomic E-state index is 12.4. The average Bonchev–Trinajstić information content (AvgIpc) is 3.11. The lowest BCUT2D eigenvalue weighted by atomic mass is 9.98. The Morgan fingerprint density at radius 3 is 2.76 bits per heavy atom. The number of piperidine rings is 2. The Labute approximate surface area is 157 Å². The Hall–Kier alpha value is -1.11. The molecule has 2 saturated heterocycles. The Kier molecular flexibility index (Phi) is 7.28. The van der Waals surface area contributed by atoms with E-state index in [-0.39, 0.29) is 23.9 Å². The molecule has 0 radical (unpaired) electrons. The largest absolute Gasteiger partial charge is 0.349 e. The van der Waals surface area contributed by atoms with Crippen molar-refractivity contribution in [2.75, 3.05) is 32.7 Å². The molecule has 1 aromatic rings. The first-order valence-corrected chi connectivity index (χ1v) is 9.35. The maximum absolute atomic E-state index is 12.4. The third-order valence-electron chi connectivity index (χ3n) is 5.38. The topological polar surface area (TPSA) is 62.2 Å². The quantitative estimate of drug-likeness (QED) is 0.835. The zero-order chi connectivity index (χ0) is 17.0. The van der Waals surface area contributed by atoms with Crippen molar-refractivity contribution in [3.05, 3.63) is 18.0 Å². The normalized spacial score (nSPS) is 22.2. The Morgan fingerprint density at radius 1 is 1.32 bits per heavy atom. The second-order valence-corrected chi connectivity index (χ2v) is 7.72. The van der Waals surface area contributed by atoms with Crippen LogP contribution in [0.2, 0.25) is 0 Å². The van der Waals surface area contributed by atoms with Crippen molar-refractivity contribution >= 4 is 18.3 Å². The monoisotopic (exact) mass is 369 g/mol. The van der Waals surface area contributed by atoms with Gasteiger partial charge in [-0.25, -0.2) is 0 Å². The van der Waals surface area contributed by atoms with E-state index in [1.54, 1.807) is 0 Å². The summed E-state index contributed by atoms with van der Waals surface area (Å²) in [5.74, 6) is -0.0670. The fourth-order valence-corrected chi connectivity index (χ4v) is 3.72. The average molecular weight is 370 g/mol. The zero-order valence-corrected chi connectivity index (χ0v) is 16.3. The standard InChI is InChI=1S/C18H31N5O.ClH/c1-18(2,22-10-4-3-5-11-22)14-20-17(24)16-8-12-23(21-16)15-7-6-9-19-13-15;/h8,12,15,19H,3-7,9-11,13-14H2,1-2H3,(H,20,24);1H. The molecule has 1 atom stereocenters. The summed E-state index contributed by atoms with van der Waals surface area (Å²) in [5.41, 5.74) is 0.515. The van der Waals surface area contributed by atoms with Crippen LogP contribution in [0, 0.1) is 0 Å². The minimum atomic E-state index is -0.0670. The molecule has 142 valence electrons. The summed E-state index contributed by atoms with van der Waals surface area (Å²) in [7, 11) is 0. The van der Waals surface area contributed by atoms with Crippen LogP contribution < -0.4 is 10.6 Å². The molecule has 2 aliphatic rings. The fourth-order valence-electron chi connectivity index (χ4n) is 3.72. The van der Waals surface area contributed by atoms with Gasteiger partial charge in [-0.1, -0.05) is 6.42 Å². The summed E-state index contributed by atoms with van der Waals surface area (Å²) in [6.45, 7) is 9.36. The smallest absolute Gasteiger partial charge is 0.271 e. The lowest BCUT2D eigenvalue weighted by Crippen LogP contribution is -2.53. The van der Waals surface area contributed by atoms with Gasteiger partial charge in [-0.05, 0) is 65.2 Å². The summed E-state index contributed by atoms with van der Waals surface area (Å²) in [6, 6.07) is 2.20. The molecule has 6 nitrogen and oxygen atoms in total. The van der Waals surface area contributed by atoms with E-state index in [0.717, 1.165) is 39.0 Å². The van der Waals surface area contributed by atoms with Gasteiger partial charge < -0.3 is 10.6 Å². The second kappa shape index (κ2) is 9.01. The van der Waals surface area contributed by atoms with Gasteiger partial charge in [-0.15, -0.1) is 12.4 Å². The predicted octanol–water partition coefficient (Wildman–Crippen LogP) is 2.22. The van der Waals surface area contributed by atoms with E-state index in [0.29, 0.717) is 18.3 Å². The molecule has 1 unspecified atom stereocenters. The van der Waals surface area contributed by atoms with Gasteiger partial charge in [0, 0.05) is 24.8 Å². The molecule has 0 aliphatic carbocycles. The molecule has 0 bridgehead atoms. The van der Waals surface area contributed by atoms with Crippen molar-refractivity contribution in [2.45, 2.75) is 57.5 Å². The van der Waals surface area contributed by atoms with Crippen LogP contribution in [0.25, 0.3) is 0 Å². The Balaban J connectivity index is 0.00000225. The van der Waals surface area contributed by atoms with Crippen molar-refractivity contribution in [1.29, 1.82) is 0 Å².